The lowest BCUT2D eigenvalue weighted by molar-refractivity contribution is 0.0982. The summed E-state index contributed by atoms with van der Waals surface area (Å²) in [4.78, 5) is 17.5. The molecule has 0 radical (unpaired) electrons. The smallest absolute Gasteiger partial charge is 0.265 e. The third kappa shape index (κ3) is 6.49. The lowest BCUT2D eigenvalue weighted by Gasteiger charge is -2.10. The van der Waals surface area contributed by atoms with Crippen LogP contribution in [0.15, 0.2) is 102 Å². The first kappa shape index (κ1) is 26.9. The van der Waals surface area contributed by atoms with Crippen LogP contribution in [-0.4, -0.2) is 23.9 Å². The Labute approximate surface area is 238 Å². The van der Waals surface area contributed by atoms with Crippen molar-refractivity contribution in [1.29, 1.82) is 0 Å². The molecule has 0 saturated heterocycles. The Hall–Kier alpha value is -4.64. The van der Waals surface area contributed by atoms with Crippen LogP contribution in [0.5, 0.6) is 0 Å². The Morgan fingerprint density at radius 2 is 1.62 bits per heavy atom. The summed E-state index contributed by atoms with van der Waals surface area (Å²) in [6, 6.07) is 29.2. The summed E-state index contributed by atoms with van der Waals surface area (Å²) in [6.07, 6.45) is 1.43. The first-order valence-electron chi connectivity index (χ1n) is 12.4. The van der Waals surface area contributed by atoms with Crippen molar-refractivity contribution in [2.45, 2.75) is 13.5 Å². The van der Waals surface area contributed by atoms with E-state index in [4.69, 9.17) is 11.6 Å². The number of carbonyl (C=O) groups excluding carboxylic acids is 1. The molecule has 8 heteroatoms. The summed E-state index contributed by atoms with van der Waals surface area (Å²) in [5.74, 6) is 6.26. The second kappa shape index (κ2) is 11.6. The Morgan fingerprint density at radius 3 is 2.35 bits per heavy atom. The SMILES string of the molecule is Cc1nc2ccc(C(=O)NS(=O)(=O)/C=C/c3ccccc3)cc2n1Cc1ccc(C#Cc2ccccc2)cc1Cl. The zero-order chi connectivity index (χ0) is 28.1. The number of halogens is 1. The normalized spacial score (nSPS) is 11.3. The predicted molar refractivity (Wildman–Crippen MR) is 159 cm³/mol. The van der Waals surface area contributed by atoms with E-state index < -0.39 is 15.9 Å². The number of sulfonamides is 1. The van der Waals surface area contributed by atoms with Crippen molar-refractivity contribution in [2.24, 2.45) is 0 Å². The number of benzene rings is 4. The van der Waals surface area contributed by atoms with Crippen molar-refractivity contribution < 1.29 is 13.2 Å². The zero-order valence-electron chi connectivity index (χ0n) is 21.5. The van der Waals surface area contributed by atoms with Crippen LogP contribution >= 0.6 is 11.6 Å². The van der Waals surface area contributed by atoms with Gasteiger partial charge in [-0.1, -0.05) is 78.0 Å². The molecule has 0 spiro atoms. The number of aryl methyl sites for hydroxylation is 1. The number of nitrogens with one attached hydrogen (secondary N) is 1. The highest BCUT2D eigenvalue weighted by Crippen LogP contribution is 2.24. The lowest BCUT2D eigenvalue weighted by Crippen LogP contribution is -2.28. The van der Waals surface area contributed by atoms with Crippen molar-refractivity contribution in [3.63, 3.8) is 0 Å². The van der Waals surface area contributed by atoms with Crippen molar-refractivity contribution in [3.05, 3.63) is 141 Å². The standard InChI is InChI=1S/C32H24ClN3O3S/c1-23-34-30-17-16-27(32(37)35-40(38,39)19-18-25-10-6-3-7-11-25)21-31(30)36(23)22-28-15-14-26(20-29(28)33)13-12-24-8-4-2-5-9-24/h2-11,14-21H,22H2,1H3,(H,35,37)/b19-18+. The number of imidazole rings is 1. The van der Waals surface area contributed by atoms with Gasteiger partial charge in [-0.15, -0.1) is 0 Å². The first-order chi connectivity index (χ1) is 19.3. The van der Waals surface area contributed by atoms with Crippen LogP contribution in [0.1, 0.15) is 38.4 Å². The van der Waals surface area contributed by atoms with Crippen LogP contribution in [0.3, 0.4) is 0 Å². The molecule has 0 aliphatic rings. The van der Waals surface area contributed by atoms with Crippen LogP contribution in [0, 0.1) is 18.8 Å². The summed E-state index contributed by atoms with van der Waals surface area (Å²) in [7, 11) is -4.00. The number of aromatic nitrogens is 2. The van der Waals surface area contributed by atoms with Crippen LogP contribution in [0.4, 0.5) is 0 Å². The van der Waals surface area contributed by atoms with Crippen LogP contribution in [0.25, 0.3) is 17.1 Å². The van der Waals surface area contributed by atoms with Gasteiger partial charge in [-0.25, -0.2) is 18.1 Å². The molecule has 198 valence electrons. The van der Waals surface area contributed by atoms with Gasteiger partial charge in [-0.3, -0.25) is 4.79 Å². The molecule has 1 aromatic heterocycles. The molecule has 0 bridgehead atoms. The quantitative estimate of drug-likeness (QED) is 0.249. The van der Waals surface area contributed by atoms with Gasteiger partial charge in [0, 0.05) is 21.7 Å². The minimum atomic E-state index is -4.00. The molecule has 0 saturated carbocycles. The maximum atomic E-state index is 12.9. The van der Waals surface area contributed by atoms with E-state index in [1.807, 2.05) is 66.1 Å². The summed E-state index contributed by atoms with van der Waals surface area (Å²) in [5, 5.41) is 1.54. The van der Waals surface area contributed by atoms with E-state index in [0.717, 1.165) is 27.9 Å². The van der Waals surface area contributed by atoms with Crippen LogP contribution in [0.2, 0.25) is 5.02 Å². The minimum Gasteiger partial charge on any atom is -0.324 e. The first-order valence-corrected chi connectivity index (χ1v) is 14.3. The molecule has 5 aromatic rings. The van der Waals surface area contributed by atoms with Crippen molar-refractivity contribution in [1.82, 2.24) is 14.3 Å². The van der Waals surface area contributed by atoms with E-state index >= 15 is 0 Å². The summed E-state index contributed by atoms with van der Waals surface area (Å²) in [6.45, 7) is 2.28. The molecule has 1 heterocycles. The van der Waals surface area contributed by atoms with E-state index in [1.54, 1.807) is 42.5 Å². The number of carbonyl (C=O) groups is 1. The Bertz CT molecular complexity index is 1900. The second-order valence-electron chi connectivity index (χ2n) is 9.06. The van der Waals surface area contributed by atoms with E-state index in [9.17, 15) is 13.2 Å². The third-order valence-electron chi connectivity index (χ3n) is 6.18. The Morgan fingerprint density at radius 1 is 0.925 bits per heavy atom. The number of fused-ring (bicyclic) bond motifs is 1. The molecular weight excluding hydrogens is 542 g/mol. The monoisotopic (exact) mass is 565 g/mol. The predicted octanol–water partition coefficient (Wildman–Crippen LogP) is 6.18. The molecule has 1 amide bonds. The van der Waals surface area contributed by atoms with Gasteiger partial charge in [0.05, 0.1) is 23.0 Å². The highest BCUT2D eigenvalue weighted by molar-refractivity contribution is 7.93. The fraction of sp³-hybridized carbons (Fsp3) is 0.0625. The molecule has 6 nitrogen and oxygen atoms in total. The number of amides is 1. The molecule has 40 heavy (non-hydrogen) atoms. The summed E-state index contributed by atoms with van der Waals surface area (Å²) < 4.78 is 29.0. The summed E-state index contributed by atoms with van der Waals surface area (Å²) in [5.41, 5.74) is 4.85. The molecule has 0 atom stereocenters. The van der Waals surface area contributed by atoms with Gasteiger partial charge in [0.15, 0.2) is 0 Å². The average molecular weight is 566 g/mol. The topological polar surface area (TPSA) is 81.1 Å². The van der Waals surface area contributed by atoms with E-state index in [2.05, 4.69) is 21.5 Å². The number of hydrogen-bond acceptors (Lipinski definition) is 4. The van der Waals surface area contributed by atoms with E-state index in [1.165, 1.54) is 6.08 Å². The van der Waals surface area contributed by atoms with Gasteiger partial charge in [-0.05, 0) is 66.6 Å². The number of hydrogen-bond donors (Lipinski definition) is 1. The molecule has 0 unspecified atom stereocenters. The maximum Gasteiger partial charge on any atom is 0.265 e. The van der Waals surface area contributed by atoms with Crippen molar-refractivity contribution in [2.75, 3.05) is 0 Å². The number of rotatable bonds is 6. The fourth-order valence-electron chi connectivity index (χ4n) is 4.13. The molecule has 0 aliphatic heterocycles. The van der Waals surface area contributed by atoms with Crippen molar-refractivity contribution >= 4 is 44.6 Å². The van der Waals surface area contributed by atoms with Gasteiger partial charge in [0.2, 0.25) is 0 Å². The molecule has 5 rings (SSSR count). The maximum absolute atomic E-state index is 12.9. The lowest BCUT2D eigenvalue weighted by atomic mass is 10.1. The zero-order valence-corrected chi connectivity index (χ0v) is 23.1. The van der Waals surface area contributed by atoms with Gasteiger partial charge < -0.3 is 4.57 Å². The van der Waals surface area contributed by atoms with E-state index in [-0.39, 0.29) is 5.56 Å². The number of nitrogens with zero attached hydrogens (tertiary/aromatic N) is 2. The third-order valence-corrected chi connectivity index (χ3v) is 7.50. The fourth-order valence-corrected chi connectivity index (χ4v) is 5.15. The molecule has 0 aliphatic carbocycles. The van der Waals surface area contributed by atoms with Crippen LogP contribution < -0.4 is 4.72 Å². The molecule has 0 fully saturated rings. The van der Waals surface area contributed by atoms with Gasteiger partial charge in [0.25, 0.3) is 15.9 Å². The van der Waals surface area contributed by atoms with E-state index in [0.29, 0.717) is 28.2 Å². The van der Waals surface area contributed by atoms with Gasteiger partial charge >= 0.3 is 0 Å². The Balaban J connectivity index is 1.36. The molecule has 4 aromatic carbocycles. The largest absolute Gasteiger partial charge is 0.324 e. The highest BCUT2D eigenvalue weighted by Gasteiger charge is 2.16. The highest BCUT2D eigenvalue weighted by atomic mass is 35.5. The van der Waals surface area contributed by atoms with Gasteiger partial charge in [-0.2, -0.15) is 0 Å². The molecule has 1 N–H and O–H groups in total. The average Bonchev–Trinajstić information content (AvgIpc) is 3.27. The second-order valence-corrected chi connectivity index (χ2v) is 11.0. The Kier molecular flexibility index (Phi) is 7.83. The summed E-state index contributed by atoms with van der Waals surface area (Å²) >= 11 is 6.62. The van der Waals surface area contributed by atoms with Gasteiger partial charge in [0.1, 0.15) is 5.82 Å². The van der Waals surface area contributed by atoms with Crippen LogP contribution in [-0.2, 0) is 16.6 Å². The molecular formula is C32H24ClN3O3S. The minimum absolute atomic E-state index is 0.197. The van der Waals surface area contributed by atoms with Crippen molar-refractivity contribution in [3.8, 4) is 11.8 Å².